The number of rotatable bonds is 8. The minimum atomic E-state index is -0.217. The molecule has 0 bridgehead atoms. The van der Waals surface area contributed by atoms with Crippen LogP contribution in [0.5, 0.6) is 5.75 Å². The lowest BCUT2D eigenvalue weighted by Gasteiger charge is -2.34. The number of carbonyl (C=O) groups is 1. The third kappa shape index (κ3) is 5.96. The van der Waals surface area contributed by atoms with E-state index in [1.54, 1.807) is 7.11 Å². The van der Waals surface area contributed by atoms with Gasteiger partial charge < -0.3 is 14.5 Å². The predicted molar refractivity (Wildman–Crippen MR) is 122 cm³/mol. The first-order valence-electron chi connectivity index (χ1n) is 10.9. The average molecular weight is 435 g/mol. The molecule has 0 saturated carbocycles. The van der Waals surface area contributed by atoms with Crippen molar-refractivity contribution in [1.29, 1.82) is 0 Å². The molecule has 7 heteroatoms. The van der Waals surface area contributed by atoms with E-state index < -0.39 is 0 Å². The fraction of sp³-hybridized carbons (Fsp3) is 0.360. The Balaban J connectivity index is 1.22. The highest BCUT2D eigenvalue weighted by molar-refractivity contribution is 5.91. The average Bonchev–Trinajstić information content (AvgIpc) is 3.28. The molecular weight excluding hydrogens is 404 g/mol. The number of hydrogen-bond acceptors (Lipinski definition) is 6. The van der Waals surface area contributed by atoms with E-state index >= 15 is 0 Å². The fourth-order valence-electron chi connectivity index (χ4n) is 3.87. The monoisotopic (exact) mass is 434 g/mol. The highest BCUT2D eigenvalue weighted by Crippen LogP contribution is 2.15. The Bertz CT molecular complexity index is 1020. The van der Waals surface area contributed by atoms with Crippen LogP contribution in [0.1, 0.15) is 33.1 Å². The summed E-state index contributed by atoms with van der Waals surface area (Å²) >= 11 is 0. The number of nitrogens with zero attached hydrogens (tertiary/aromatic N) is 3. The number of aryl methyl sites for hydroxylation is 1. The maximum Gasteiger partial charge on any atom is 0.273 e. The van der Waals surface area contributed by atoms with Crippen molar-refractivity contribution in [3.63, 3.8) is 0 Å². The zero-order valence-corrected chi connectivity index (χ0v) is 18.7. The van der Waals surface area contributed by atoms with Gasteiger partial charge in [-0.05, 0) is 30.2 Å². The van der Waals surface area contributed by atoms with Crippen LogP contribution in [0.2, 0.25) is 0 Å². The Morgan fingerprint density at radius 3 is 2.44 bits per heavy atom. The van der Waals surface area contributed by atoms with Crippen molar-refractivity contribution >= 4 is 5.91 Å². The van der Waals surface area contributed by atoms with Gasteiger partial charge in [-0.2, -0.15) is 0 Å². The zero-order valence-electron chi connectivity index (χ0n) is 18.7. The summed E-state index contributed by atoms with van der Waals surface area (Å²) in [6, 6.07) is 16.3. The lowest BCUT2D eigenvalue weighted by molar-refractivity contribution is 0.0945. The Labute approximate surface area is 189 Å². The first-order chi connectivity index (χ1) is 15.6. The lowest BCUT2D eigenvalue weighted by Crippen LogP contribution is -2.45. The number of amides is 1. The standard InChI is InChI=1S/C25H30N4O3/c1-19-4-3-5-21(14-19)15-26-25(30)23-18-32-24(27-23)17-29-12-10-28(11-13-29)16-20-6-8-22(31-2)9-7-20/h3-9,14,18H,10-13,15-17H2,1-2H3,(H,26,30). The smallest absolute Gasteiger partial charge is 0.273 e. The van der Waals surface area contributed by atoms with E-state index in [1.165, 1.54) is 17.4 Å². The van der Waals surface area contributed by atoms with Gasteiger partial charge in [-0.3, -0.25) is 14.6 Å². The molecule has 0 aliphatic carbocycles. The number of benzene rings is 2. The molecule has 1 aliphatic heterocycles. The van der Waals surface area contributed by atoms with Crippen molar-refractivity contribution in [3.8, 4) is 5.75 Å². The second-order valence-electron chi connectivity index (χ2n) is 8.20. The summed E-state index contributed by atoms with van der Waals surface area (Å²) < 4.78 is 10.8. The molecule has 1 amide bonds. The number of ether oxygens (including phenoxy) is 1. The summed E-state index contributed by atoms with van der Waals surface area (Å²) in [7, 11) is 1.68. The first-order valence-corrected chi connectivity index (χ1v) is 10.9. The van der Waals surface area contributed by atoms with E-state index in [9.17, 15) is 4.79 Å². The SMILES string of the molecule is COc1ccc(CN2CCN(Cc3nc(C(=O)NCc4cccc(C)c4)co3)CC2)cc1. The molecule has 168 valence electrons. The third-order valence-corrected chi connectivity index (χ3v) is 5.71. The molecule has 1 fully saturated rings. The van der Waals surface area contributed by atoms with Crippen LogP contribution in [0, 0.1) is 6.92 Å². The molecule has 0 spiro atoms. The molecular formula is C25H30N4O3. The van der Waals surface area contributed by atoms with Crippen LogP contribution in [-0.2, 0) is 19.6 Å². The maximum absolute atomic E-state index is 12.4. The van der Waals surface area contributed by atoms with Gasteiger partial charge in [0.2, 0.25) is 5.89 Å². The predicted octanol–water partition coefficient (Wildman–Crippen LogP) is 3.24. The molecule has 0 radical (unpaired) electrons. The molecule has 7 nitrogen and oxygen atoms in total. The second kappa shape index (κ2) is 10.4. The van der Waals surface area contributed by atoms with Gasteiger partial charge in [0.25, 0.3) is 5.91 Å². The Hall–Kier alpha value is -3.16. The minimum absolute atomic E-state index is 0.217. The van der Waals surface area contributed by atoms with Crippen LogP contribution in [0.3, 0.4) is 0 Å². The molecule has 0 unspecified atom stereocenters. The number of aromatic nitrogens is 1. The normalized spacial score (nSPS) is 14.9. The third-order valence-electron chi connectivity index (χ3n) is 5.71. The summed E-state index contributed by atoms with van der Waals surface area (Å²) in [5.74, 6) is 1.24. The highest BCUT2D eigenvalue weighted by atomic mass is 16.5. The van der Waals surface area contributed by atoms with Gasteiger partial charge in [-0.15, -0.1) is 0 Å². The van der Waals surface area contributed by atoms with E-state index in [-0.39, 0.29) is 5.91 Å². The summed E-state index contributed by atoms with van der Waals surface area (Å²) in [5.41, 5.74) is 3.85. The van der Waals surface area contributed by atoms with Gasteiger partial charge in [0.15, 0.2) is 5.69 Å². The van der Waals surface area contributed by atoms with Crippen molar-refractivity contribution in [2.45, 2.75) is 26.6 Å². The number of piperazine rings is 1. The van der Waals surface area contributed by atoms with Crippen molar-refractivity contribution < 1.29 is 13.9 Å². The van der Waals surface area contributed by atoms with Gasteiger partial charge in [-0.1, -0.05) is 42.0 Å². The number of nitrogens with one attached hydrogen (secondary N) is 1. The zero-order chi connectivity index (χ0) is 22.3. The molecule has 1 aliphatic rings. The van der Waals surface area contributed by atoms with E-state index in [1.807, 2.05) is 37.3 Å². The van der Waals surface area contributed by atoms with Gasteiger partial charge in [0.05, 0.1) is 13.7 Å². The van der Waals surface area contributed by atoms with Crippen molar-refractivity contribution in [1.82, 2.24) is 20.1 Å². The molecule has 32 heavy (non-hydrogen) atoms. The molecule has 4 rings (SSSR count). The highest BCUT2D eigenvalue weighted by Gasteiger charge is 2.20. The molecule has 1 saturated heterocycles. The molecule has 1 aromatic heterocycles. The number of methoxy groups -OCH3 is 1. The number of carbonyl (C=O) groups excluding carboxylic acids is 1. The fourth-order valence-corrected chi connectivity index (χ4v) is 3.87. The van der Waals surface area contributed by atoms with Crippen LogP contribution < -0.4 is 10.1 Å². The van der Waals surface area contributed by atoms with Crippen LogP contribution in [-0.4, -0.2) is 54.0 Å². The van der Waals surface area contributed by atoms with Crippen LogP contribution >= 0.6 is 0 Å². The van der Waals surface area contributed by atoms with Crippen LogP contribution in [0.15, 0.2) is 59.2 Å². The number of hydrogen-bond donors (Lipinski definition) is 1. The minimum Gasteiger partial charge on any atom is -0.497 e. The van der Waals surface area contributed by atoms with E-state index in [0.29, 0.717) is 24.7 Å². The summed E-state index contributed by atoms with van der Waals surface area (Å²) in [5, 5.41) is 2.91. The Kier molecular flexibility index (Phi) is 7.19. The summed E-state index contributed by atoms with van der Waals surface area (Å²) in [6.45, 7) is 7.89. The van der Waals surface area contributed by atoms with Gasteiger partial charge in [0, 0.05) is 39.3 Å². The van der Waals surface area contributed by atoms with E-state index in [2.05, 4.69) is 38.3 Å². The first kappa shape index (κ1) is 22.0. The van der Waals surface area contributed by atoms with Crippen molar-refractivity contribution in [3.05, 3.63) is 83.1 Å². The second-order valence-corrected chi connectivity index (χ2v) is 8.20. The number of oxazole rings is 1. The molecule has 2 aromatic carbocycles. The Morgan fingerprint density at radius 2 is 1.75 bits per heavy atom. The largest absolute Gasteiger partial charge is 0.497 e. The lowest BCUT2D eigenvalue weighted by atomic mass is 10.1. The van der Waals surface area contributed by atoms with Crippen molar-refractivity contribution in [2.75, 3.05) is 33.3 Å². The quantitative estimate of drug-likeness (QED) is 0.587. The van der Waals surface area contributed by atoms with Gasteiger partial charge in [-0.25, -0.2) is 4.98 Å². The topological polar surface area (TPSA) is 70.8 Å². The van der Waals surface area contributed by atoms with Crippen molar-refractivity contribution in [2.24, 2.45) is 0 Å². The van der Waals surface area contributed by atoms with Crippen LogP contribution in [0.4, 0.5) is 0 Å². The molecule has 0 atom stereocenters. The maximum atomic E-state index is 12.4. The van der Waals surface area contributed by atoms with Gasteiger partial charge >= 0.3 is 0 Å². The summed E-state index contributed by atoms with van der Waals surface area (Å²) in [6.07, 6.45) is 1.45. The molecule has 2 heterocycles. The van der Waals surface area contributed by atoms with Crippen LogP contribution in [0.25, 0.3) is 0 Å². The Morgan fingerprint density at radius 1 is 1.03 bits per heavy atom. The van der Waals surface area contributed by atoms with E-state index in [4.69, 9.17) is 9.15 Å². The molecule has 1 N–H and O–H groups in total. The molecule has 3 aromatic rings. The van der Waals surface area contributed by atoms with E-state index in [0.717, 1.165) is 44.0 Å². The summed E-state index contributed by atoms with van der Waals surface area (Å²) in [4.78, 5) is 21.5. The van der Waals surface area contributed by atoms with Gasteiger partial charge in [0.1, 0.15) is 12.0 Å².